The van der Waals surface area contributed by atoms with Gasteiger partial charge in [-0.15, -0.1) is 0 Å². The van der Waals surface area contributed by atoms with Crippen LogP contribution < -0.4 is 5.56 Å². The topological polar surface area (TPSA) is 79.4 Å². The molecule has 0 amide bonds. The zero-order valence-corrected chi connectivity index (χ0v) is 21.5. The van der Waals surface area contributed by atoms with Crippen molar-refractivity contribution >= 4 is 11.0 Å². The van der Waals surface area contributed by atoms with Gasteiger partial charge in [-0.1, -0.05) is 24.3 Å². The first-order chi connectivity index (χ1) is 18.5. The van der Waals surface area contributed by atoms with Crippen molar-refractivity contribution in [1.82, 2.24) is 29.1 Å². The van der Waals surface area contributed by atoms with Gasteiger partial charge in [0.25, 0.3) is 5.56 Å². The van der Waals surface area contributed by atoms with E-state index in [1.165, 1.54) is 71.0 Å². The van der Waals surface area contributed by atoms with Crippen molar-refractivity contribution in [2.24, 2.45) is 0 Å². The Morgan fingerprint density at radius 2 is 1.58 bits per heavy atom. The van der Waals surface area contributed by atoms with Gasteiger partial charge in [0.1, 0.15) is 17.5 Å². The molecule has 198 valence electrons. The Bertz CT molecular complexity index is 1470. The number of hydrogen-bond acceptors (Lipinski definition) is 6. The second-order valence-corrected chi connectivity index (χ2v) is 10.8. The maximum Gasteiger partial charge on any atom is 0.264 e. The molecule has 0 unspecified atom stereocenters. The van der Waals surface area contributed by atoms with Crippen LogP contribution in [0.1, 0.15) is 36.8 Å². The summed E-state index contributed by atoms with van der Waals surface area (Å²) in [5, 5.41) is 16.0. The van der Waals surface area contributed by atoms with Crippen LogP contribution in [0.2, 0.25) is 0 Å². The van der Waals surface area contributed by atoms with Crippen LogP contribution in [0.4, 0.5) is 4.39 Å². The number of aromatic nitrogens is 4. The van der Waals surface area contributed by atoms with E-state index in [-0.39, 0.29) is 17.9 Å². The van der Waals surface area contributed by atoms with Gasteiger partial charge in [0.05, 0.1) is 24.0 Å². The van der Waals surface area contributed by atoms with E-state index in [1.807, 2.05) is 0 Å². The summed E-state index contributed by atoms with van der Waals surface area (Å²) < 4.78 is 16.3. The fourth-order valence-corrected chi connectivity index (χ4v) is 5.72. The number of fused-ring (bicyclic) bond motifs is 1. The first-order valence-corrected chi connectivity index (χ1v) is 13.4. The third kappa shape index (κ3) is 5.27. The standard InChI is InChI=1S/C29H33FN6O2/c30-24-6-8-25(9-7-24)36-27-26(17-32-36)28(37)35(21-31-27)20-29(38)10-14-34(15-11-29)19-23-5-3-4-22(16-23)18-33-12-1-2-13-33/h3-9,16-17,21,38H,1-2,10-15,18-20H2. The largest absolute Gasteiger partial charge is 0.388 e. The Hall–Kier alpha value is -3.40. The second kappa shape index (κ2) is 10.4. The third-order valence-electron chi connectivity index (χ3n) is 7.88. The monoisotopic (exact) mass is 516 g/mol. The van der Waals surface area contributed by atoms with Crippen molar-refractivity contribution in [2.75, 3.05) is 26.2 Å². The van der Waals surface area contributed by atoms with E-state index >= 15 is 0 Å². The van der Waals surface area contributed by atoms with Gasteiger partial charge in [-0.3, -0.25) is 19.2 Å². The molecule has 0 bridgehead atoms. The first kappa shape index (κ1) is 24.9. The molecule has 8 nitrogen and oxygen atoms in total. The van der Waals surface area contributed by atoms with Crippen molar-refractivity contribution in [2.45, 2.75) is 50.9 Å². The van der Waals surface area contributed by atoms with Crippen molar-refractivity contribution in [1.29, 1.82) is 0 Å². The summed E-state index contributed by atoms with van der Waals surface area (Å²) in [4.78, 5) is 22.5. The number of halogens is 1. The molecular formula is C29H33FN6O2. The van der Waals surface area contributed by atoms with E-state index in [0.29, 0.717) is 29.6 Å². The summed E-state index contributed by atoms with van der Waals surface area (Å²) in [7, 11) is 0. The lowest BCUT2D eigenvalue weighted by molar-refractivity contribution is -0.0364. The van der Waals surface area contributed by atoms with Gasteiger partial charge in [-0.2, -0.15) is 5.10 Å². The van der Waals surface area contributed by atoms with Crippen molar-refractivity contribution in [3.05, 3.63) is 88.4 Å². The van der Waals surface area contributed by atoms with Gasteiger partial charge in [0, 0.05) is 26.2 Å². The van der Waals surface area contributed by atoms with Crippen LogP contribution in [-0.2, 0) is 19.6 Å². The lowest BCUT2D eigenvalue weighted by Gasteiger charge is -2.38. The van der Waals surface area contributed by atoms with Gasteiger partial charge < -0.3 is 5.11 Å². The average molecular weight is 517 g/mol. The smallest absolute Gasteiger partial charge is 0.264 e. The molecule has 2 fully saturated rings. The van der Waals surface area contributed by atoms with Crippen LogP contribution in [0.3, 0.4) is 0 Å². The van der Waals surface area contributed by atoms with Crippen LogP contribution >= 0.6 is 0 Å². The highest BCUT2D eigenvalue weighted by atomic mass is 19.1. The molecule has 0 spiro atoms. The molecule has 0 radical (unpaired) electrons. The van der Waals surface area contributed by atoms with Gasteiger partial charge in [-0.25, -0.2) is 14.1 Å². The highest BCUT2D eigenvalue weighted by Gasteiger charge is 2.33. The molecule has 0 atom stereocenters. The number of likely N-dealkylation sites (tertiary alicyclic amines) is 2. The Labute approximate surface area is 220 Å². The van der Waals surface area contributed by atoms with E-state index in [4.69, 9.17) is 0 Å². The summed E-state index contributed by atoms with van der Waals surface area (Å²) in [6.45, 7) is 5.98. The molecule has 38 heavy (non-hydrogen) atoms. The summed E-state index contributed by atoms with van der Waals surface area (Å²) in [6.07, 6.45) is 6.72. The van der Waals surface area contributed by atoms with E-state index in [1.54, 1.807) is 12.1 Å². The molecule has 0 aliphatic carbocycles. The minimum atomic E-state index is -0.972. The summed E-state index contributed by atoms with van der Waals surface area (Å²) in [5.41, 5.74) is 2.48. The zero-order chi connectivity index (χ0) is 26.1. The number of hydrogen-bond donors (Lipinski definition) is 1. The van der Waals surface area contributed by atoms with E-state index in [2.05, 4.69) is 44.1 Å². The fraction of sp³-hybridized carbons (Fsp3) is 0.414. The van der Waals surface area contributed by atoms with Crippen LogP contribution in [-0.4, -0.2) is 66.0 Å². The predicted octanol–water partition coefficient (Wildman–Crippen LogP) is 3.34. The minimum absolute atomic E-state index is 0.190. The highest BCUT2D eigenvalue weighted by Crippen LogP contribution is 2.26. The fourth-order valence-electron chi connectivity index (χ4n) is 5.72. The quantitative estimate of drug-likeness (QED) is 0.406. The summed E-state index contributed by atoms with van der Waals surface area (Å²) in [5.74, 6) is -0.342. The van der Waals surface area contributed by atoms with Gasteiger partial charge in [0.2, 0.25) is 0 Å². The molecule has 9 heteroatoms. The Morgan fingerprint density at radius 1 is 0.921 bits per heavy atom. The Morgan fingerprint density at radius 3 is 2.26 bits per heavy atom. The summed E-state index contributed by atoms with van der Waals surface area (Å²) >= 11 is 0. The van der Waals surface area contributed by atoms with Crippen LogP contribution in [0.25, 0.3) is 16.7 Å². The molecular weight excluding hydrogens is 483 g/mol. The maximum atomic E-state index is 13.3. The van der Waals surface area contributed by atoms with Gasteiger partial charge in [-0.05, 0) is 74.2 Å². The molecule has 2 aliphatic heterocycles. The molecule has 2 aliphatic rings. The molecule has 2 saturated heterocycles. The third-order valence-corrected chi connectivity index (χ3v) is 7.88. The predicted molar refractivity (Wildman–Crippen MR) is 143 cm³/mol. The van der Waals surface area contributed by atoms with E-state index in [0.717, 1.165) is 26.2 Å². The number of rotatable bonds is 7. The van der Waals surface area contributed by atoms with Gasteiger partial charge >= 0.3 is 0 Å². The number of piperidine rings is 1. The molecule has 2 aromatic carbocycles. The maximum absolute atomic E-state index is 13.3. The minimum Gasteiger partial charge on any atom is -0.388 e. The second-order valence-electron chi connectivity index (χ2n) is 10.8. The number of benzene rings is 2. The summed E-state index contributed by atoms with van der Waals surface area (Å²) in [6, 6.07) is 14.7. The Kier molecular flexibility index (Phi) is 6.82. The zero-order valence-electron chi connectivity index (χ0n) is 21.5. The molecule has 6 rings (SSSR count). The first-order valence-electron chi connectivity index (χ1n) is 13.4. The lowest BCUT2D eigenvalue weighted by atomic mass is 9.91. The normalized spacial score (nSPS) is 18.4. The molecule has 4 aromatic rings. The van der Waals surface area contributed by atoms with E-state index in [9.17, 15) is 14.3 Å². The van der Waals surface area contributed by atoms with Crippen molar-refractivity contribution in [3.8, 4) is 5.69 Å². The average Bonchev–Trinajstić information content (AvgIpc) is 3.59. The molecule has 4 heterocycles. The van der Waals surface area contributed by atoms with Crippen molar-refractivity contribution in [3.63, 3.8) is 0 Å². The molecule has 2 aromatic heterocycles. The van der Waals surface area contributed by atoms with Crippen LogP contribution in [0, 0.1) is 5.82 Å². The molecule has 1 N–H and O–H groups in total. The van der Waals surface area contributed by atoms with Gasteiger partial charge in [0.15, 0.2) is 5.65 Å². The Balaban J connectivity index is 1.10. The van der Waals surface area contributed by atoms with E-state index < -0.39 is 5.60 Å². The SMILES string of the molecule is O=c1c2cnn(-c3ccc(F)cc3)c2ncn1CC1(O)CCN(Cc2cccc(CN3CCCC3)c2)CC1. The number of nitrogens with zero attached hydrogens (tertiary/aromatic N) is 6. The lowest BCUT2D eigenvalue weighted by Crippen LogP contribution is -2.47. The highest BCUT2D eigenvalue weighted by molar-refractivity contribution is 5.74. The number of aliphatic hydroxyl groups is 1. The van der Waals surface area contributed by atoms with Crippen LogP contribution in [0.15, 0.2) is 65.8 Å². The molecule has 0 saturated carbocycles. The van der Waals surface area contributed by atoms with Crippen LogP contribution in [0.5, 0.6) is 0 Å². The van der Waals surface area contributed by atoms with Crippen molar-refractivity contribution < 1.29 is 9.50 Å².